The molecule has 0 saturated carbocycles. The highest BCUT2D eigenvalue weighted by atomic mass is 79.9. The third-order valence-corrected chi connectivity index (χ3v) is 5.00. The van der Waals surface area contributed by atoms with Crippen molar-refractivity contribution in [3.8, 4) is 0 Å². The fraction of sp³-hybridized carbons (Fsp3) is 1.00. The van der Waals surface area contributed by atoms with Crippen LogP contribution in [0.5, 0.6) is 0 Å². The van der Waals surface area contributed by atoms with Crippen molar-refractivity contribution < 1.29 is 8.78 Å². The molecule has 0 aromatic carbocycles. The molecule has 0 aliphatic carbocycles. The van der Waals surface area contributed by atoms with Gasteiger partial charge in [0.25, 0.3) is 0 Å². The number of hydrogen-bond acceptors (Lipinski definition) is 0. The first-order valence-corrected chi connectivity index (χ1v) is 5.65. The summed E-state index contributed by atoms with van der Waals surface area (Å²) >= 11 is 2.30. The van der Waals surface area contributed by atoms with Crippen LogP contribution in [0.2, 0.25) is 0 Å². The average Bonchev–Trinajstić information content (AvgIpc) is 1.25. The summed E-state index contributed by atoms with van der Waals surface area (Å²) in [5.41, 5.74) is 0. The number of hydrogen-bond donors (Lipinski definition) is 0. The number of halogens is 3. The molecule has 0 aromatic rings. The van der Waals surface area contributed by atoms with Crippen LogP contribution < -0.4 is 0 Å². The summed E-state index contributed by atoms with van der Waals surface area (Å²) in [6.45, 7) is 0. The SMILES string of the molecule is CS(C)(C)C(F)(F)Br. The van der Waals surface area contributed by atoms with E-state index in [1.54, 1.807) is 18.8 Å². The molecule has 0 aromatic heterocycles. The first-order chi connectivity index (χ1) is 3.25. The van der Waals surface area contributed by atoms with Crippen molar-refractivity contribution in [1.29, 1.82) is 0 Å². The van der Waals surface area contributed by atoms with Crippen LogP contribution in [0.25, 0.3) is 0 Å². The van der Waals surface area contributed by atoms with Gasteiger partial charge in [-0.3, -0.25) is 0 Å². The van der Waals surface area contributed by atoms with Crippen molar-refractivity contribution in [1.82, 2.24) is 0 Å². The van der Waals surface area contributed by atoms with Crippen molar-refractivity contribution in [3.63, 3.8) is 0 Å². The Kier molecular flexibility index (Phi) is 2.32. The van der Waals surface area contributed by atoms with Gasteiger partial charge in [0.05, 0.1) is 0 Å². The summed E-state index contributed by atoms with van der Waals surface area (Å²) < 4.78 is 21.7. The third kappa shape index (κ3) is 2.31. The molecule has 0 unspecified atom stereocenters. The Morgan fingerprint density at radius 1 is 1.25 bits per heavy atom. The maximum Gasteiger partial charge on any atom is 0.333 e. The van der Waals surface area contributed by atoms with E-state index >= 15 is 0 Å². The fourth-order valence-electron chi connectivity index (χ4n) is 0. The molecule has 52 valence electrons. The standard InChI is InChI=1S/C4H9BrF2S/c1-8(2,3)4(5,6)7/h1-3H3. The second-order valence-electron chi connectivity index (χ2n) is 2.28. The molecule has 4 heteroatoms. The molecular formula is C4H9BrF2S. The van der Waals surface area contributed by atoms with Crippen LogP contribution in [-0.4, -0.2) is 22.9 Å². The largest absolute Gasteiger partial charge is 0.333 e. The highest BCUT2D eigenvalue weighted by Crippen LogP contribution is 2.55. The van der Waals surface area contributed by atoms with Crippen molar-refractivity contribution in [2.24, 2.45) is 0 Å². The molecule has 0 atom stereocenters. The van der Waals surface area contributed by atoms with Gasteiger partial charge in [0, 0.05) is 15.9 Å². The molecule has 0 heterocycles. The lowest BCUT2D eigenvalue weighted by molar-refractivity contribution is 0.216. The highest BCUT2D eigenvalue weighted by molar-refractivity contribution is 9.12. The lowest BCUT2D eigenvalue weighted by atomic mass is 11.6. The van der Waals surface area contributed by atoms with E-state index in [0.717, 1.165) is 0 Å². The van der Waals surface area contributed by atoms with Crippen molar-refractivity contribution in [3.05, 3.63) is 0 Å². The van der Waals surface area contributed by atoms with Gasteiger partial charge in [-0.05, 0) is 18.8 Å². The van der Waals surface area contributed by atoms with Gasteiger partial charge in [0.15, 0.2) is 0 Å². The Morgan fingerprint density at radius 3 is 1.38 bits per heavy atom. The van der Waals surface area contributed by atoms with Crippen molar-refractivity contribution >= 4 is 26.0 Å². The van der Waals surface area contributed by atoms with Crippen LogP contribution in [0.4, 0.5) is 8.78 Å². The van der Waals surface area contributed by atoms with Crippen LogP contribution in [-0.2, 0) is 0 Å². The first-order valence-electron chi connectivity index (χ1n) is 2.00. The molecule has 0 aliphatic heterocycles. The van der Waals surface area contributed by atoms with Gasteiger partial charge in [-0.1, -0.05) is 0 Å². The van der Waals surface area contributed by atoms with E-state index in [-0.39, 0.29) is 0 Å². The van der Waals surface area contributed by atoms with Gasteiger partial charge < -0.3 is 0 Å². The summed E-state index contributed by atoms with van der Waals surface area (Å²) in [6, 6.07) is 0. The number of alkyl halides is 3. The summed E-state index contributed by atoms with van der Waals surface area (Å²) in [5, 5.41) is 0. The molecule has 0 rings (SSSR count). The average molecular weight is 207 g/mol. The topological polar surface area (TPSA) is 0 Å². The molecule has 0 fully saturated rings. The monoisotopic (exact) mass is 206 g/mol. The Balaban J connectivity index is 4.02. The minimum absolute atomic E-state index is 1.56. The van der Waals surface area contributed by atoms with E-state index in [9.17, 15) is 8.78 Å². The van der Waals surface area contributed by atoms with E-state index < -0.39 is 14.2 Å². The van der Waals surface area contributed by atoms with E-state index in [0.29, 0.717) is 0 Å². The van der Waals surface area contributed by atoms with Gasteiger partial charge in [0.2, 0.25) is 0 Å². The van der Waals surface area contributed by atoms with Crippen LogP contribution in [0, 0.1) is 0 Å². The van der Waals surface area contributed by atoms with Gasteiger partial charge in [-0.2, -0.15) is 18.8 Å². The Bertz CT molecular complexity index is 69.0. The van der Waals surface area contributed by atoms with E-state index in [2.05, 4.69) is 15.9 Å². The normalized spacial score (nSPS) is 16.2. The van der Waals surface area contributed by atoms with E-state index in [4.69, 9.17) is 0 Å². The van der Waals surface area contributed by atoms with Crippen molar-refractivity contribution in [2.45, 2.75) is 4.16 Å². The van der Waals surface area contributed by atoms with Crippen LogP contribution >= 0.6 is 26.0 Å². The second-order valence-corrected chi connectivity index (χ2v) is 7.99. The summed E-state index contributed by atoms with van der Waals surface area (Å²) in [5.74, 6) is 0. The highest BCUT2D eigenvalue weighted by Gasteiger charge is 2.35. The molecular weight excluding hydrogens is 198 g/mol. The predicted molar refractivity (Wildman–Crippen MR) is 39.2 cm³/mol. The lowest BCUT2D eigenvalue weighted by Gasteiger charge is -2.30. The smallest absolute Gasteiger partial charge is 0.184 e. The summed E-state index contributed by atoms with van der Waals surface area (Å²) in [4.78, 5) is 0. The Morgan fingerprint density at radius 2 is 1.38 bits per heavy atom. The zero-order valence-electron chi connectivity index (χ0n) is 5.04. The van der Waals surface area contributed by atoms with Gasteiger partial charge >= 0.3 is 4.16 Å². The lowest BCUT2D eigenvalue weighted by Crippen LogP contribution is -2.13. The van der Waals surface area contributed by atoms with Crippen LogP contribution in [0.15, 0.2) is 0 Å². The fourth-order valence-corrected chi connectivity index (χ4v) is 0. The molecule has 0 nitrogen and oxygen atoms in total. The zero-order valence-corrected chi connectivity index (χ0v) is 7.44. The maximum atomic E-state index is 12.2. The van der Waals surface area contributed by atoms with E-state index in [1.807, 2.05) is 0 Å². The molecule has 0 N–H and O–H groups in total. The minimum atomic E-state index is -2.67. The van der Waals surface area contributed by atoms with Crippen molar-refractivity contribution in [2.75, 3.05) is 18.8 Å². The third-order valence-electron chi connectivity index (χ3n) is 0.694. The van der Waals surface area contributed by atoms with Gasteiger partial charge in [-0.25, -0.2) is 0 Å². The van der Waals surface area contributed by atoms with Crippen LogP contribution in [0.3, 0.4) is 0 Å². The summed E-state index contributed by atoms with van der Waals surface area (Å²) in [6.07, 6.45) is 4.67. The molecule has 0 bridgehead atoms. The molecule has 0 spiro atoms. The first kappa shape index (κ1) is 8.69. The van der Waals surface area contributed by atoms with Crippen LogP contribution in [0.1, 0.15) is 0 Å². The Hall–Kier alpha value is 0.690. The quantitative estimate of drug-likeness (QED) is 0.580. The zero-order chi connectivity index (χ0) is 7.00. The Labute approximate surface area is 58.1 Å². The summed E-state index contributed by atoms with van der Waals surface area (Å²) in [7, 11) is -1.76. The van der Waals surface area contributed by atoms with Gasteiger partial charge in [-0.15, -0.1) is 0 Å². The predicted octanol–water partition coefficient (Wildman–Crippen LogP) is 2.63. The minimum Gasteiger partial charge on any atom is -0.184 e. The molecule has 0 saturated heterocycles. The molecule has 0 amide bonds. The second kappa shape index (κ2) is 2.14. The number of rotatable bonds is 1. The van der Waals surface area contributed by atoms with E-state index in [1.165, 1.54) is 0 Å². The molecule has 0 radical (unpaired) electrons. The molecule has 8 heavy (non-hydrogen) atoms. The van der Waals surface area contributed by atoms with Gasteiger partial charge in [0.1, 0.15) is 0 Å². The maximum absolute atomic E-state index is 12.2. The molecule has 0 aliphatic rings.